The minimum Gasteiger partial charge on any atom is -0.265 e. The molecule has 2 atom stereocenters. The van der Waals surface area contributed by atoms with Crippen LogP contribution < -0.4 is 0 Å². The maximum atomic E-state index is 4.51. The first-order chi connectivity index (χ1) is 11.9. The van der Waals surface area contributed by atoms with E-state index in [1.807, 2.05) is 24.8 Å². The van der Waals surface area contributed by atoms with Crippen LogP contribution in [0.5, 0.6) is 0 Å². The van der Waals surface area contributed by atoms with Crippen molar-refractivity contribution < 1.29 is 0 Å². The van der Waals surface area contributed by atoms with Gasteiger partial charge in [0.25, 0.3) is 0 Å². The predicted molar refractivity (Wildman–Crippen MR) is 110 cm³/mol. The molecule has 0 saturated carbocycles. The van der Waals surface area contributed by atoms with E-state index in [0.717, 1.165) is 31.4 Å². The van der Waals surface area contributed by atoms with Gasteiger partial charge in [0.2, 0.25) is 0 Å². The average molecular weight is 357 g/mol. The van der Waals surface area contributed by atoms with Crippen molar-refractivity contribution in [3.05, 3.63) is 59.7 Å². The van der Waals surface area contributed by atoms with Gasteiger partial charge in [0.15, 0.2) is 0 Å². The van der Waals surface area contributed by atoms with E-state index < -0.39 is 0 Å². The van der Waals surface area contributed by atoms with Gasteiger partial charge in [-0.25, -0.2) is 0 Å². The van der Waals surface area contributed by atoms with Gasteiger partial charge in [-0.15, -0.1) is 0 Å². The van der Waals surface area contributed by atoms with Gasteiger partial charge in [0.05, 0.1) is 0 Å². The van der Waals surface area contributed by atoms with Gasteiger partial charge in [-0.3, -0.25) is 9.97 Å². The lowest BCUT2D eigenvalue weighted by molar-refractivity contribution is 0.352. The molecule has 0 spiro atoms. The minimum atomic E-state index is 0.274. The third-order valence-corrected chi connectivity index (χ3v) is 5.37. The third kappa shape index (κ3) is 6.14. The molecule has 2 heterocycles. The van der Waals surface area contributed by atoms with E-state index >= 15 is 0 Å². The molecule has 2 aromatic heterocycles. The van der Waals surface area contributed by atoms with Crippen LogP contribution in [0.15, 0.2) is 43.0 Å². The molecule has 0 aliphatic rings. The Bertz CT molecular complexity index is 639. The molecule has 0 radical (unpaired) electrons. The van der Waals surface area contributed by atoms with Crippen molar-refractivity contribution >= 4 is 12.6 Å². The zero-order valence-electron chi connectivity index (χ0n) is 16.1. The summed E-state index contributed by atoms with van der Waals surface area (Å²) in [6.45, 7) is 9.26. The highest BCUT2D eigenvalue weighted by Gasteiger charge is 2.20. The standard InChI is InChI=1S/C22H32N2S/c1-5-21(20-6-9-23-10-7-20)17(2)12-18-13-19(16-24-15-18)14-22(3,4)8-11-25/h6-7,9-10,13,15-17,21,25H,5,8,11-12,14H2,1-4H3. The van der Waals surface area contributed by atoms with Crippen LogP contribution in [-0.2, 0) is 12.8 Å². The zero-order valence-corrected chi connectivity index (χ0v) is 17.0. The summed E-state index contributed by atoms with van der Waals surface area (Å²) in [7, 11) is 0. The normalized spacial score (nSPS) is 14.3. The van der Waals surface area contributed by atoms with E-state index in [-0.39, 0.29) is 5.41 Å². The number of aromatic nitrogens is 2. The van der Waals surface area contributed by atoms with Crippen molar-refractivity contribution in [1.82, 2.24) is 9.97 Å². The van der Waals surface area contributed by atoms with Crippen molar-refractivity contribution in [2.45, 2.75) is 59.3 Å². The Kier molecular flexibility index (Phi) is 7.49. The summed E-state index contributed by atoms with van der Waals surface area (Å²) in [6.07, 6.45) is 12.2. The molecule has 0 amide bonds. The second-order valence-electron chi connectivity index (χ2n) is 7.99. The molecule has 2 nitrogen and oxygen atoms in total. The number of hydrogen-bond acceptors (Lipinski definition) is 3. The quantitative estimate of drug-likeness (QED) is 0.580. The number of rotatable bonds is 9. The summed E-state index contributed by atoms with van der Waals surface area (Å²) in [5.74, 6) is 2.07. The molecule has 0 aromatic carbocycles. The molecule has 2 aromatic rings. The SMILES string of the molecule is CCC(c1ccncc1)C(C)Cc1cncc(CC(C)(C)CCS)c1. The largest absolute Gasteiger partial charge is 0.265 e. The highest BCUT2D eigenvalue weighted by molar-refractivity contribution is 7.80. The minimum absolute atomic E-state index is 0.274. The molecule has 136 valence electrons. The molecule has 0 bridgehead atoms. The number of pyridine rings is 2. The Morgan fingerprint density at radius 3 is 2.40 bits per heavy atom. The van der Waals surface area contributed by atoms with E-state index in [1.165, 1.54) is 16.7 Å². The summed E-state index contributed by atoms with van der Waals surface area (Å²) >= 11 is 4.39. The van der Waals surface area contributed by atoms with Gasteiger partial charge < -0.3 is 0 Å². The van der Waals surface area contributed by atoms with Crippen molar-refractivity contribution in [2.75, 3.05) is 5.75 Å². The fraction of sp³-hybridized carbons (Fsp3) is 0.545. The van der Waals surface area contributed by atoms with Crippen LogP contribution in [0.4, 0.5) is 0 Å². The van der Waals surface area contributed by atoms with Gasteiger partial charge in [0, 0.05) is 24.8 Å². The highest BCUT2D eigenvalue weighted by atomic mass is 32.1. The molecule has 0 fully saturated rings. The summed E-state index contributed by atoms with van der Waals surface area (Å²) in [5, 5.41) is 0. The third-order valence-electron chi connectivity index (χ3n) is 5.14. The van der Waals surface area contributed by atoms with Crippen molar-refractivity contribution in [2.24, 2.45) is 11.3 Å². The first-order valence-corrected chi connectivity index (χ1v) is 10.0. The predicted octanol–water partition coefficient (Wildman–Crippen LogP) is 5.74. The van der Waals surface area contributed by atoms with Crippen molar-refractivity contribution in [3.8, 4) is 0 Å². The molecule has 25 heavy (non-hydrogen) atoms. The summed E-state index contributed by atoms with van der Waals surface area (Å²) in [4.78, 5) is 8.66. The molecular formula is C22H32N2S. The van der Waals surface area contributed by atoms with Crippen LogP contribution in [0.25, 0.3) is 0 Å². The molecule has 0 aliphatic heterocycles. The maximum Gasteiger partial charge on any atom is 0.0300 e. The Hall–Kier alpha value is -1.35. The van der Waals surface area contributed by atoms with Gasteiger partial charge in [0.1, 0.15) is 0 Å². The Morgan fingerprint density at radius 2 is 1.76 bits per heavy atom. The van der Waals surface area contributed by atoms with Gasteiger partial charge >= 0.3 is 0 Å². The number of hydrogen-bond donors (Lipinski definition) is 1. The lowest BCUT2D eigenvalue weighted by Crippen LogP contribution is -2.16. The smallest absolute Gasteiger partial charge is 0.0300 e. The first-order valence-electron chi connectivity index (χ1n) is 9.38. The Labute approximate surface area is 158 Å². The second-order valence-corrected chi connectivity index (χ2v) is 8.44. The van der Waals surface area contributed by atoms with Crippen LogP contribution in [0.2, 0.25) is 0 Å². The summed E-state index contributed by atoms with van der Waals surface area (Å²) < 4.78 is 0. The average Bonchev–Trinajstić information content (AvgIpc) is 2.56. The first kappa shape index (κ1) is 20.0. The van der Waals surface area contributed by atoms with E-state index in [1.54, 1.807) is 0 Å². The van der Waals surface area contributed by atoms with E-state index in [9.17, 15) is 0 Å². The monoisotopic (exact) mass is 356 g/mol. The fourth-order valence-electron chi connectivity index (χ4n) is 3.78. The molecule has 2 unspecified atom stereocenters. The van der Waals surface area contributed by atoms with Crippen molar-refractivity contribution in [1.29, 1.82) is 0 Å². The Morgan fingerprint density at radius 1 is 1.08 bits per heavy atom. The van der Waals surface area contributed by atoms with Crippen molar-refractivity contribution in [3.63, 3.8) is 0 Å². The van der Waals surface area contributed by atoms with Gasteiger partial charge in [-0.2, -0.15) is 12.6 Å². The Balaban J connectivity index is 2.08. The van der Waals surface area contributed by atoms with E-state index in [0.29, 0.717) is 11.8 Å². The lowest BCUT2D eigenvalue weighted by atomic mass is 9.81. The zero-order chi connectivity index (χ0) is 18.3. The fourth-order valence-corrected chi connectivity index (χ4v) is 4.39. The number of nitrogens with zero attached hydrogens (tertiary/aromatic N) is 2. The van der Waals surface area contributed by atoms with E-state index in [4.69, 9.17) is 0 Å². The lowest BCUT2D eigenvalue weighted by Gasteiger charge is -2.25. The molecule has 3 heteroatoms. The van der Waals surface area contributed by atoms with Crippen LogP contribution in [0.3, 0.4) is 0 Å². The van der Waals surface area contributed by atoms with Crippen LogP contribution in [-0.4, -0.2) is 15.7 Å². The maximum absolute atomic E-state index is 4.51. The van der Waals surface area contributed by atoms with Gasteiger partial charge in [-0.05, 0) is 77.5 Å². The number of thiol groups is 1. The van der Waals surface area contributed by atoms with Gasteiger partial charge in [-0.1, -0.05) is 33.8 Å². The van der Waals surface area contributed by atoms with Crippen LogP contribution >= 0.6 is 12.6 Å². The topological polar surface area (TPSA) is 25.8 Å². The molecule has 0 aliphatic carbocycles. The summed E-state index contributed by atoms with van der Waals surface area (Å²) in [5.41, 5.74) is 4.35. The van der Waals surface area contributed by atoms with Crippen LogP contribution in [0.1, 0.15) is 63.1 Å². The molecule has 0 N–H and O–H groups in total. The summed E-state index contributed by atoms with van der Waals surface area (Å²) in [6, 6.07) is 6.65. The second kappa shape index (κ2) is 9.38. The molecule has 0 saturated heterocycles. The highest BCUT2D eigenvalue weighted by Crippen LogP contribution is 2.31. The van der Waals surface area contributed by atoms with E-state index in [2.05, 4.69) is 68.5 Å². The molecule has 2 rings (SSSR count). The molecular weight excluding hydrogens is 324 g/mol. The van der Waals surface area contributed by atoms with Crippen LogP contribution in [0, 0.1) is 11.3 Å².